The molecule has 1 heterocycles. The molecule has 6 heteroatoms. The highest BCUT2D eigenvalue weighted by Crippen LogP contribution is 2.06. The van der Waals surface area contributed by atoms with Crippen molar-refractivity contribution in [3.05, 3.63) is 0 Å². The number of hydrogen-bond acceptors (Lipinski definition) is 3. The van der Waals surface area contributed by atoms with Gasteiger partial charge in [0.05, 0.1) is 6.54 Å². The van der Waals surface area contributed by atoms with Gasteiger partial charge in [-0.1, -0.05) is 0 Å². The summed E-state index contributed by atoms with van der Waals surface area (Å²) < 4.78 is 0. The van der Waals surface area contributed by atoms with Crippen molar-refractivity contribution >= 4 is 23.4 Å². The Balaban J connectivity index is 2.36. The largest absolute Gasteiger partial charge is 0.369 e. The van der Waals surface area contributed by atoms with E-state index in [-0.39, 0.29) is 18.4 Å². The molecule has 5 nitrogen and oxygen atoms in total. The fourth-order valence-electron chi connectivity index (χ4n) is 1.97. The Bertz CT molecular complexity index is 273. The lowest BCUT2D eigenvalue weighted by molar-refractivity contribution is -0.131. The van der Waals surface area contributed by atoms with Gasteiger partial charge in [0.15, 0.2) is 0 Å². The molecule has 0 atom stereocenters. The topological polar surface area (TPSA) is 66.6 Å². The van der Waals surface area contributed by atoms with Crippen LogP contribution in [-0.2, 0) is 9.59 Å². The molecule has 0 saturated carbocycles. The normalized spacial score (nSPS) is 17.8. The maximum atomic E-state index is 11.8. The average molecular weight is 262 g/mol. The second-order valence-electron chi connectivity index (χ2n) is 4.27. The summed E-state index contributed by atoms with van der Waals surface area (Å²) in [4.78, 5) is 26.5. The lowest BCUT2D eigenvalue weighted by Crippen LogP contribution is -2.38. The van der Waals surface area contributed by atoms with Crippen molar-refractivity contribution in [1.82, 2.24) is 9.80 Å². The van der Waals surface area contributed by atoms with Gasteiger partial charge in [0.1, 0.15) is 0 Å². The highest BCUT2D eigenvalue weighted by Gasteiger charge is 2.19. The molecule has 0 unspecified atom stereocenters. The first-order chi connectivity index (χ1) is 8.13. The van der Waals surface area contributed by atoms with Crippen LogP contribution in [0.5, 0.6) is 0 Å². The molecule has 2 N–H and O–H groups in total. The maximum absolute atomic E-state index is 11.8. The van der Waals surface area contributed by atoms with E-state index in [2.05, 4.69) is 0 Å². The summed E-state index contributed by atoms with van der Waals surface area (Å²) >= 11 is 5.57. The quantitative estimate of drug-likeness (QED) is 0.710. The van der Waals surface area contributed by atoms with Gasteiger partial charge in [0.25, 0.3) is 0 Å². The molecule has 1 saturated heterocycles. The predicted molar refractivity (Wildman–Crippen MR) is 66.8 cm³/mol. The van der Waals surface area contributed by atoms with Crippen molar-refractivity contribution in [3.63, 3.8) is 0 Å². The molecule has 1 fully saturated rings. The van der Waals surface area contributed by atoms with E-state index in [1.807, 2.05) is 9.80 Å². The van der Waals surface area contributed by atoms with Crippen molar-refractivity contribution < 1.29 is 9.59 Å². The van der Waals surface area contributed by atoms with Crippen LogP contribution in [0.2, 0.25) is 0 Å². The number of halogens is 1. The Hall–Kier alpha value is -0.810. The number of carbonyl (C=O) groups excluding carboxylic acids is 2. The molecular formula is C11H20ClN3O2. The predicted octanol–water partition coefficient (Wildman–Crippen LogP) is 0.0250. The summed E-state index contributed by atoms with van der Waals surface area (Å²) in [6.07, 6.45) is 2.13. The third-order valence-corrected chi connectivity index (χ3v) is 3.11. The number of carbonyl (C=O) groups is 2. The second-order valence-corrected chi connectivity index (χ2v) is 4.65. The Labute approximate surface area is 107 Å². The Morgan fingerprint density at radius 3 is 2.59 bits per heavy atom. The third kappa shape index (κ3) is 5.37. The fourth-order valence-corrected chi connectivity index (χ4v) is 2.11. The fraction of sp³-hybridized carbons (Fsp3) is 0.818. The summed E-state index contributed by atoms with van der Waals surface area (Å²) in [5.41, 5.74) is 5.16. The van der Waals surface area contributed by atoms with Crippen molar-refractivity contribution in [2.45, 2.75) is 19.3 Å². The van der Waals surface area contributed by atoms with Crippen LogP contribution in [0.3, 0.4) is 0 Å². The molecule has 0 aromatic heterocycles. The summed E-state index contributed by atoms with van der Waals surface area (Å²) in [7, 11) is 0. The van der Waals surface area contributed by atoms with Crippen molar-refractivity contribution in [3.8, 4) is 0 Å². The van der Waals surface area contributed by atoms with Crippen molar-refractivity contribution in [1.29, 1.82) is 0 Å². The summed E-state index contributed by atoms with van der Waals surface area (Å²) in [5, 5.41) is 0. The van der Waals surface area contributed by atoms with Gasteiger partial charge in [-0.05, 0) is 12.8 Å². The molecule has 0 aromatic rings. The van der Waals surface area contributed by atoms with Crippen LogP contribution in [0.1, 0.15) is 19.3 Å². The maximum Gasteiger partial charge on any atom is 0.231 e. The van der Waals surface area contributed by atoms with Gasteiger partial charge in [0.2, 0.25) is 11.8 Å². The van der Waals surface area contributed by atoms with Gasteiger partial charge >= 0.3 is 0 Å². The van der Waals surface area contributed by atoms with E-state index in [0.717, 1.165) is 32.5 Å². The van der Waals surface area contributed by atoms with Crippen LogP contribution in [0.25, 0.3) is 0 Å². The number of nitrogens with zero attached hydrogens (tertiary/aromatic N) is 2. The molecule has 1 aliphatic heterocycles. The van der Waals surface area contributed by atoms with Gasteiger partial charge in [-0.2, -0.15) is 0 Å². The molecule has 0 radical (unpaired) electrons. The van der Waals surface area contributed by atoms with E-state index in [1.165, 1.54) is 0 Å². The first kappa shape index (κ1) is 14.3. The highest BCUT2D eigenvalue weighted by molar-refractivity contribution is 6.17. The molecule has 17 heavy (non-hydrogen) atoms. The number of hydrogen-bond donors (Lipinski definition) is 1. The monoisotopic (exact) mass is 261 g/mol. The standard InChI is InChI=1S/C11H20ClN3O2/c12-4-1-3-11(17)15-6-2-5-14(7-8-15)9-10(13)16/h1-9H2,(H2,13,16). The third-order valence-electron chi connectivity index (χ3n) is 2.84. The van der Waals surface area contributed by atoms with E-state index < -0.39 is 0 Å². The van der Waals surface area contributed by atoms with E-state index >= 15 is 0 Å². The lowest BCUT2D eigenvalue weighted by Gasteiger charge is -2.21. The van der Waals surface area contributed by atoms with Gasteiger partial charge in [0, 0.05) is 38.5 Å². The van der Waals surface area contributed by atoms with Gasteiger partial charge in [-0.15, -0.1) is 11.6 Å². The average Bonchev–Trinajstić information content (AvgIpc) is 2.51. The highest BCUT2D eigenvalue weighted by atomic mass is 35.5. The lowest BCUT2D eigenvalue weighted by atomic mass is 10.3. The molecule has 0 aliphatic carbocycles. The first-order valence-electron chi connectivity index (χ1n) is 5.98. The van der Waals surface area contributed by atoms with E-state index in [1.54, 1.807) is 0 Å². The van der Waals surface area contributed by atoms with Crippen LogP contribution in [0, 0.1) is 0 Å². The zero-order chi connectivity index (χ0) is 12.7. The number of primary amides is 1. The minimum Gasteiger partial charge on any atom is -0.369 e. The first-order valence-corrected chi connectivity index (χ1v) is 6.51. The van der Waals surface area contributed by atoms with Crippen LogP contribution >= 0.6 is 11.6 Å². The smallest absolute Gasteiger partial charge is 0.231 e. The Morgan fingerprint density at radius 2 is 1.94 bits per heavy atom. The van der Waals surface area contributed by atoms with Gasteiger partial charge < -0.3 is 10.6 Å². The number of alkyl halides is 1. The molecule has 0 bridgehead atoms. The minimum atomic E-state index is -0.313. The van der Waals surface area contributed by atoms with Crippen LogP contribution in [-0.4, -0.2) is 60.2 Å². The zero-order valence-corrected chi connectivity index (χ0v) is 10.8. The van der Waals surface area contributed by atoms with E-state index in [9.17, 15) is 9.59 Å². The summed E-state index contributed by atoms with van der Waals surface area (Å²) in [5.74, 6) is 0.367. The number of amides is 2. The molecule has 0 aromatic carbocycles. The van der Waals surface area contributed by atoms with Gasteiger partial charge in [-0.25, -0.2) is 0 Å². The molecule has 98 valence electrons. The Morgan fingerprint density at radius 1 is 1.18 bits per heavy atom. The van der Waals surface area contributed by atoms with Crippen molar-refractivity contribution in [2.24, 2.45) is 5.73 Å². The van der Waals surface area contributed by atoms with E-state index in [0.29, 0.717) is 18.8 Å². The molecule has 1 aliphatic rings. The molecule has 2 amide bonds. The Kier molecular flexibility index (Phi) is 6.29. The van der Waals surface area contributed by atoms with Crippen LogP contribution < -0.4 is 5.73 Å². The van der Waals surface area contributed by atoms with Crippen molar-refractivity contribution in [2.75, 3.05) is 38.6 Å². The SMILES string of the molecule is NC(=O)CN1CCCN(C(=O)CCCCl)CC1. The van der Waals surface area contributed by atoms with Crippen LogP contribution in [0.15, 0.2) is 0 Å². The summed E-state index contributed by atoms with van der Waals surface area (Å²) in [6.45, 7) is 3.26. The molecule has 1 rings (SSSR count). The zero-order valence-electron chi connectivity index (χ0n) is 10.0. The molecule has 0 spiro atoms. The minimum absolute atomic E-state index is 0.159. The summed E-state index contributed by atoms with van der Waals surface area (Å²) in [6, 6.07) is 0. The number of nitrogens with two attached hydrogens (primary N) is 1. The van der Waals surface area contributed by atoms with Crippen LogP contribution in [0.4, 0.5) is 0 Å². The molecular weight excluding hydrogens is 242 g/mol. The van der Waals surface area contributed by atoms with Gasteiger partial charge in [-0.3, -0.25) is 14.5 Å². The number of rotatable bonds is 5. The second kappa shape index (κ2) is 7.50. The van der Waals surface area contributed by atoms with E-state index in [4.69, 9.17) is 17.3 Å².